The molecule has 2 aromatic carbocycles. The van der Waals surface area contributed by atoms with Crippen molar-refractivity contribution in [3.05, 3.63) is 64.4 Å². The fraction of sp³-hybridized carbons (Fsp3) is 0.211. The summed E-state index contributed by atoms with van der Waals surface area (Å²) in [6.45, 7) is 1.80. The van der Waals surface area contributed by atoms with E-state index in [-0.39, 0.29) is 5.82 Å². The van der Waals surface area contributed by atoms with Gasteiger partial charge in [-0.05, 0) is 54.3 Å². The number of halogens is 2. The van der Waals surface area contributed by atoms with Gasteiger partial charge in [0.2, 0.25) is 0 Å². The van der Waals surface area contributed by atoms with Gasteiger partial charge in [-0.3, -0.25) is 0 Å². The molecule has 0 bridgehead atoms. The van der Waals surface area contributed by atoms with Crippen LogP contribution in [0, 0.1) is 17.1 Å². The molecule has 0 unspecified atom stereocenters. The van der Waals surface area contributed by atoms with Gasteiger partial charge in [-0.2, -0.15) is 5.26 Å². The van der Waals surface area contributed by atoms with Gasteiger partial charge in [0.1, 0.15) is 5.82 Å². The second kappa shape index (κ2) is 6.85. The molecule has 1 fully saturated rings. The van der Waals surface area contributed by atoms with Crippen LogP contribution in [0.5, 0.6) is 0 Å². The van der Waals surface area contributed by atoms with E-state index in [1.165, 1.54) is 6.07 Å². The summed E-state index contributed by atoms with van der Waals surface area (Å²) in [5.41, 5.74) is 2.49. The quantitative estimate of drug-likeness (QED) is 0.576. The summed E-state index contributed by atoms with van der Waals surface area (Å²) in [7, 11) is 0. The summed E-state index contributed by atoms with van der Waals surface area (Å²) in [5.74, 6) is -0.246. The summed E-state index contributed by atoms with van der Waals surface area (Å²) in [5, 5.41) is 9.93. The second-order valence-corrected chi connectivity index (χ2v) is 6.02. The highest BCUT2D eigenvalue weighted by molar-refractivity contribution is 6.30. The zero-order valence-corrected chi connectivity index (χ0v) is 13.4. The van der Waals surface area contributed by atoms with Crippen molar-refractivity contribution < 1.29 is 4.39 Å². The molecule has 1 aliphatic rings. The van der Waals surface area contributed by atoms with E-state index in [1.807, 2.05) is 12.1 Å². The number of hydrogen-bond acceptors (Lipinski definition) is 2. The molecular weight excluding hydrogens is 311 g/mol. The minimum Gasteiger partial charge on any atom is -0.369 e. The Hall–Kier alpha value is -2.31. The van der Waals surface area contributed by atoms with Gasteiger partial charge < -0.3 is 4.90 Å². The predicted molar refractivity (Wildman–Crippen MR) is 92.8 cm³/mol. The van der Waals surface area contributed by atoms with E-state index in [2.05, 4.69) is 11.0 Å². The number of hydrogen-bond donors (Lipinski definition) is 0. The highest BCUT2D eigenvalue weighted by Crippen LogP contribution is 2.26. The number of nitriles is 1. The summed E-state index contributed by atoms with van der Waals surface area (Å²) < 4.78 is 14.3. The van der Waals surface area contributed by atoms with E-state index in [4.69, 9.17) is 11.6 Å². The SMILES string of the molecule is N#C/C(=C/c1ccc(N2CCCC2)c(F)c1)c1cccc(Cl)c1. The van der Waals surface area contributed by atoms with Gasteiger partial charge in [0, 0.05) is 18.1 Å². The lowest BCUT2D eigenvalue weighted by Crippen LogP contribution is -2.18. The number of anilines is 1. The first kappa shape index (κ1) is 15.6. The van der Waals surface area contributed by atoms with Crippen molar-refractivity contribution >= 4 is 28.9 Å². The molecule has 2 nitrogen and oxygen atoms in total. The van der Waals surface area contributed by atoms with Crippen LogP contribution in [0.2, 0.25) is 5.02 Å². The molecule has 1 heterocycles. The van der Waals surface area contributed by atoms with Crippen LogP contribution in [0.3, 0.4) is 0 Å². The fourth-order valence-corrected chi connectivity index (χ4v) is 3.02. The molecule has 1 saturated heterocycles. The van der Waals surface area contributed by atoms with Crippen molar-refractivity contribution in [3.63, 3.8) is 0 Å². The van der Waals surface area contributed by atoms with Crippen molar-refractivity contribution in [3.8, 4) is 6.07 Å². The van der Waals surface area contributed by atoms with Crippen molar-refractivity contribution in [1.29, 1.82) is 5.26 Å². The van der Waals surface area contributed by atoms with Crippen molar-refractivity contribution in [1.82, 2.24) is 0 Å². The van der Waals surface area contributed by atoms with Gasteiger partial charge >= 0.3 is 0 Å². The van der Waals surface area contributed by atoms with E-state index >= 15 is 0 Å². The Morgan fingerprint density at radius 1 is 1.17 bits per heavy atom. The van der Waals surface area contributed by atoms with E-state index in [0.29, 0.717) is 21.8 Å². The molecule has 0 amide bonds. The van der Waals surface area contributed by atoms with Crippen LogP contribution >= 0.6 is 11.6 Å². The smallest absolute Gasteiger partial charge is 0.147 e. The first-order chi connectivity index (χ1) is 11.2. The highest BCUT2D eigenvalue weighted by atomic mass is 35.5. The lowest BCUT2D eigenvalue weighted by atomic mass is 10.0. The molecule has 0 spiro atoms. The van der Waals surface area contributed by atoms with Crippen LogP contribution in [-0.4, -0.2) is 13.1 Å². The van der Waals surface area contributed by atoms with Gasteiger partial charge in [0.15, 0.2) is 0 Å². The standard InChI is InChI=1S/C19H16ClFN2/c20-17-5-3-4-15(12-17)16(13-22)10-14-6-7-19(18(21)11-14)23-8-1-2-9-23/h3-7,10-12H,1-2,8-9H2/b16-10-. The average Bonchev–Trinajstić information content (AvgIpc) is 3.07. The lowest BCUT2D eigenvalue weighted by molar-refractivity contribution is 0.623. The Kier molecular flexibility index (Phi) is 4.64. The fourth-order valence-electron chi connectivity index (χ4n) is 2.83. The van der Waals surface area contributed by atoms with E-state index in [0.717, 1.165) is 31.5 Å². The maximum atomic E-state index is 14.3. The molecule has 0 radical (unpaired) electrons. The lowest BCUT2D eigenvalue weighted by Gasteiger charge is -2.18. The van der Waals surface area contributed by atoms with Gasteiger partial charge in [-0.25, -0.2) is 4.39 Å². The Labute approximate surface area is 140 Å². The Bertz CT molecular complexity index is 786. The van der Waals surface area contributed by atoms with Crippen LogP contribution in [0.25, 0.3) is 11.6 Å². The second-order valence-electron chi connectivity index (χ2n) is 5.59. The Morgan fingerprint density at radius 2 is 1.96 bits per heavy atom. The monoisotopic (exact) mass is 326 g/mol. The molecular formula is C19H16ClFN2. The summed E-state index contributed by atoms with van der Waals surface area (Å²) in [6, 6.07) is 14.4. The molecule has 0 atom stereocenters. The topological polar surface area (TPSA) is 27.0 Å². The van der Waals surface area contributed by atoms with Crippen molar-refractivity contribution in [2.24, 2.45) is 0 Å². The third-order valence-electron chi connectivity index (χ3n) is 3.99. The van der Waals surface area contributed by atoms with Crippen molar-refractivity contribution in [2.45, 2.75) is 12.8 Å². The first-order valence-corrected chi connectivity index (χ1v) is 7.97. The summed E-state index contributed by atoms with van der Waals surface area (Å²) >= 11 is 5.97. The molecule has 0 aliphatic carbocycles. The van der Waals surface area contributed by atoms with Gasteiger partial charge in [0.25, 0.3) is 0 Å². The van der Waals surface area contributed by atoms with E-state index in [1.54, 1.807) is 30.3 Å². The highest BCUT2D eigenvalue weighted by Gasteiger charge is 2.16. The molecule has 23 heavy (non-hydrogen) atoms. The van der Waals surface area contributed by atoms with Gasteiger partial charge in [0.05, 0.1) is 17.3 Å². The maximum absolute atomic E-state index is 14.3. The Balaban J connectivity index is 1.91. The maximum Gasteiger partial charge on any atom is 0.147 e. The molecule has 0 aromatic heterocycles. The molecule has 0 N–H and O–H groups in total. The number of rotatable bonds is 3. The third kappa shape index (κ3) is 3.55. The number of benzene rings is 2. The number of nitrogens with zero attached hydrogens (tertiary/aromatic N) is 2. The Morgan fingerprint density at radius 3 is 2.61 bits per heavy atom. The summed E-state index contributed by atoms with van der Waals surface area (Å²) in [4.78, 5) is 2.06. The van der Waals surface area contributed by atoms with Crippen LogP contribution in [0.15, 0.2) is 42.5 Å². The van der Waals surface area contributed by atoms with Crippen LogP contribution in [0.4, 0.5) is 10.1 Å². The van der Waals surface area contributed by atoms with E-state index in [9.17, 15) is 9.65 Å². The van der Waals surface area contributed by atoms with Crippen LogP contribution in [-0.2, 0) is 0 Å². The van der Waals surface area contributed by atoms with E-state index < -0.39 is 0 Å². The first-order valence-electron chi connectivity index (χ1n) is 7.59. The normalized spacial score (nSPS) is 14.8. The van der Waals surface area contributed by atoms with Crippen molar-refractivity contribution in [2.75, 3.05) is 18.0 Å². The zero-order valence-electron chi connectivity index (χ0n) is 12.6. The minimum atomic E-state index is -0.246. The van der Waals surface area contributed by atoms with Gasteiger partial charge in [-0.1, -0.05) is 29.8 Å². The van der Waals surface area contributed by atoms with Crippen LogP contribution < -0.4 is 4.90 Å². The largest absolute Gasteiger partial charge is 0.369 e. The molecule has 1 aliphatic heterocycles. The average molecular weight is 327 g/mol. The minimum absolute atomic E-state index is 0.246. The third-order valence-corrected chi connectivity index (χ3v) is 4.22. The number of allylic oxidation sites excluding steroid dienone is 1. The van der Waals surface area contributed by atoms with Crippen LogP contribution in [0.1, 0.15) is 24.0 Å². The predicted octanol–water partition coefficient (Wildman–Crippen LogP) is 5.14. The van der Waals surface area contributed by atoms with Gasteiger partial charge in [-0.15, -0.1) is 0 Å². The molecule has 3 rings (SSSR count). The molecule has 0 saturated carbocycles. The summed E-state index contributed by atoms with van der Waals surface area (Å²) in [6.07, 6.45) is 3.89. The molecule has 2 aromatic rings. The molecule has 116 valence electrons. The molecule has 4 heteroatoms. The zero-order chi connectivity index (χ0) is 16.2.